The van der Waals surface area contributed by atoms with Crippen LogP contribution >= 0.6 is 0 Å². The molecule has 18 heavy (non-hydrogen) atoms. The Balaban J connectivity index is 2.34. The molecule has 2 heteroatoms. The number of carbonyl (C=O) groups excluding carboxylic acids is 1. The van der Waals surface area contributed by atoms with Gasteiger partial charge in [-0.25, -0.2) is 0 Å². The van der Waals surface area contributed by atoms with Crippen molar-refractivity contribution in [1.29, 1.82) is 0 Å². The van der Waals surface area contributed by atoms with E-state index in [9.17, 15) is 4.79 Å². The molecule has 0 aliphatic heterocycles. The Bertz CT molecular complexity index is 392. The maximum absolute atomic E-state index is 10.7. The molecule has 0 radical (unpaired) electrons. The van der Waals surface area contributed by atoms with E-state index >= 15 is 0 Å². The molecule has 1 aliphatic carbocycles. The Hall–Kier alpha value is -1.31. The van der Waals surface area contributed by atoms with Crippen molar-refractivity contribution in [2.75, 3.05) is 0 Å². The summed E-state index contributed by atoms with van der Waals surface area (Å²) in [4.78, 5) is 10.7. The minimum absolute atomic E-state index is 0.553. The molecule has 0 saturated heterocycles. The van der Waals surface area contributed by atoms with Crippen LogP contribution in [-0.2, 0) is 11.2 Å². The largest absolute Gasteiger partial charge is 0.428 e. The maximum Gasteiger partial charge on any atom is 0.298 e. The van der Waals surface area contributed by atoms with E-state index in [-0.39, 0.29) is 0 Å². The highest BCUT2D eigenvalue weighted by Gasteiger charge is 2.22. The topological polar surface area (TPSA) is 26.3 Å². The Morgan fingerprint density at radius 3 is 2.72 bits per heavy atom. The van der Waals surface area contributed by atoms with Gasteiger partial charge in [-0.2, -0.15) is 0 Å². The lowest BCUT2D eigenvalue weighted by Crippen LogP contribution is -2.10. The van der Waals surface area contributed by atoms with Crippen LogP contribution in [0.5, 0.6) is 5.75 Å². The van der Waals surface area contributed by atoms with Crippen molar-refractivity contribution in [2.45, 2.75) is 57.8 Å². The fourth-order valence-electron chi connectivity index (χ4n) is 3.09. The van der Waals surface area contributed by atoms with E-state index in [4.69, 9.17) is 4.74 Å². The van der Waals surface area contributed by atoms with Crippen molar-refractivity contribution in [3.63, 3.8) is 0 Å². The van der Waals surface area contributed by atoms with Crippen LogP contribution in [0.3, 0.4) is 0 Å². The van der Waals surface area contributed by atoms with Gasteiger partial charge < -0.3 is 4.74 Å². The summed E-state index contributed by atoms with van der Waals surface area (Å²) in [6.45, 7) is 2.75. The number of hydrogen-bond donors (Lipinski definition) is 0. The van der Waals surface area contributed by atoms with Crippen LogP contribution < -0.4 is 4.74 Å². The van der Waals surface area contributed by atoms with Gasteiger partial charge in [-0.05, 0) is 36.8 Å². The molecule has 0 heterocycles. The molecule has 0 aromatic heterocycles. The number of aryl methyl sites for hydroxylation is 1. The average Bonchev–Trinajstić information content (AvgIpc) is 2.41. The van der Waals surface area contributed by atoms with Crippen molar-refractivity contribution >= 4 is 6.47 Å². The number of benzene rings is 1. The zero-order chi connectivity index (χ0) is 12.8. The first kappa shape index (κ1) is 13.1. The van der Waals surface area contributed by atoms with Crippen LogP contribution in [0.4, 0.5) is 0 Å². The van der Waals surface area contributed by atoms with Crippen molar-refractivity contribution < 1.29 is 9.53 Å². The molecule has 1 aromatic rings. The highest BCUT2D eigenvalue weighted by atomic mass is 16.5. The van der Waals surface area contributed by atoms with Crippen LogP contribution in [0.2, 0.25) is 0 Å². The van der Waals surface area contributed by atoms with Gasteiger partial charge >= 0.3 is 0 Å². The summed E-state index contributed by atoms with van der Waals surface area (Å²) in [5, 5.41) is 0. The Morgan fingerprint density at radius 1 is 1.28 bits per heavy atom. The maximum atomic E-state index is 10.7. The van der Waals surface area contributed by atoms with E-state index in [0.29, 0.717) is 12.4 Å². The molecule has 0 unspecified atom stereocenters. The molecule has 1 aliphatic rings. The van der Waals surface area contributed by atoms with Gasteiger partial charge in [-0.15, -0.1) is 0 Å². The van der Waals surface area contributed by atoms with Crippen LogP contribution in [0.1, 0.15) is 62.5 Å². The highest BCUT2D eigenvalue weighted by Crippen LogP contribution is 2.39. The summed E-state index contributed by atoms with van der Waals surface area (Å²) in [6.07, 6.45) is 8.60. The van der Waals surface area contributed by atoms with E-state index in [1.54, 1.807) is 0 Å². The Morgan fingerprint density at radius 2 is 2.06 bits per heavy atom. The van der Waals surface area contributed by atoms with Gasteiger partial charge in [0.1, 0.15) is 5.75 Å². The summed E-state index contributed by atoms with van der Waals surface area (Å²) in [5.74, 6) is 1.36. The van der Waals surface area contributed by atoms with Gasteiger partial charge in [0.15, 0.2) is 0 Å². The standard InChI is InChI=1S/C16H22O2/c1-2-7-13-10-6-11-15(18-12-17)16(13)14-8-4-3-5-9-14/h6,10-12,14H,2-5,7-9H2,1H3. The molecule has 0 amide bonds. The van der Waals surface area contributed by atoms with E-state index in [2.05, 4.69) is 13.0 Å². The lowest BCUT2D eigenvalue weighted by Gasteiger charge is -2.25. The summed E-state index contributed by atoms with van der Waals surface area (Å²) in [6, 6.07) is 6.11. The molecule has 0 bridgehead atoms. The van der Waals surface area contributed by atoms with Gasteiger partial charge in [0, 0.05) is 5.56 Å². The molecule has 2 rings (SSSR count). The zero-order valence-corrected chi connectivity index (χ0v) is 11.2. The quantitative estimate of drug-likeness (QED) is 0.727. The molecular weight excluding hydrogens is 224 g/mol. The van der Waals surface area contributed by atoms with Gasteiger partial charge in [0.25, 0.3) is 6.47 Å². The minimum Gasteiger partial charge on any atom is -0.428 e. The van der Waals surface area contributed by atoms with Crippen LogP contribution in [0.15, 0.2) is 18.2 Å². The molecule has 0 N–H and O–H groups in total. The van der Waals surface area contributed by atoms with E-state index in [0.717, 1.165) is 18.6 Å². The highest BCUT2D eigenvalue weighted by molar-refractivity contribution is 5.51. The second kappa shape index (κ2) is 6.58. The third-order valence-electron chi connectivity index (χ3n) is 3.86. The Kier molecular flexibility index (Phi) is 4.80. The number of ether oxygens (including phenoxy) is 1. The van der Waals surface area contributed by atoms with Crippen LogP contribution in [-0.4, -0.2) is 6.47 Å². The second-order valence-electron chi connectivity index (χ2n) is 5.13. The summed E-state index contributed by atoms with van der Waals surface area (Å²) < 4.78 is 5.20. The first-order chi connectivity index (χ1) is 8.86. The molecule has 1 fully saturated rings. The molecule has 1 saturated carbocycles. The normalized spacial score (nSPS) is 16.5. The SMILES string of the molecule is CCCc1cccc(OC=O)c1C1CCCCC1. The van der Waals surface area contributed by atoms with E-state index in [1.807, 2.05) is 12.1 Å². The first-order valence-electron chi connectivity index (χ1n) is 7.09. The monoisotopic (exact) mass is 246 g/mol. The number of rotatable bonds is 5. The smallest absolute Gasteiger partial charge is 0.298 e. The molecule has 2 nitrogen and oxygen atoms in total. The number of hydrogen-bond acceptors (Lipinski definition) is 2. The van der Waals surface area contributed by atoms with Crippen molar-refractivity contribution in [3.8, 4) is 5.75 Å². The molecular formula is C16H22O2. The predicted octanol–water partition coefficient (Wildman–Crippen LogP) is 4.22. The fourth-order valence-corrected chi connectivity index (χ4v) is 3.09. The molecule has 0 spiro atoms. The lowest BCUT2D eigenvalue weighted by molar-refractivity contribution is -0.120. The zero-order valence-electron chi connectivity index (χ0n) is 11.2. The van der Waals surface area contributed by atoms with Gasteiger partial charge in [-0.1, -0.05) is 44.7 Å². The molecule has 98 valence electrons. The number of carbonyl (C=O) groups is 1. The predicted molar refractivity (Wildman–Crippen MR) is 73.0 cm³/mol. The first-order valence-corrected chi connectivity index (χ1v) is 7.09. The second-order valence-corrected chi connectivity index (χ2v) is 5.13. The van der Waals surface area contributed by atoms with Crippen LogP contribution in [0, 0.1) is 0 Å². The third-order valence-corrected chi connectivity index (χ3v) is 3.86. The summed E-state index contributed by atoms with van der Waals surface area (Å²) >= 11 is 0. The summed E-state index contributed by atoms with van der Waals surface area (Å²) in [7, 11) is 0. The van der Waals surface area contributed by atoms with E-state index < -0.39 is 0 Å². The van der Waals surface area contributed by atoms with Gasteiger partial charge in [0.05, 0.1) is 0 Å². The summed E-state index contributed by atoms with van der Waals surface area (Å²) in [5.41, 5.74) is 2.66. The third kappa shape index (κ3) is 2.92. The molecule has 0 atom stereocenters. The lowest BCUT2D eigenvalue weighted by atomic mass is 9.81. The van der Waals surface area contributed by atoms with Crippen molar-refractivity contribution in [3.05, 3.63) is 29.3 Å². The average molecular weight is 246 g/mol. The van der Waals surface area contributed by atoms with E-state index in [1.165, 1.54) is 43.2 Å². The van der Waals surface area contributed by atoms with Gasteiger partial charge in [0.2, 0.25) is 0 Å². The Labute approximate surface area is 109 Å². The van der Waals surface area contributed by atoms with Gasteiger partial charge in [-0.3, -0.25) is 4.79 Å². The molecule has 1 aromatic carbocycles. The fraction of sp³-hybridized carbons (Fsp3) is 0.562. The van der Waals surface area contributed by atoms with Crippen molar-refractivity contribution in [2.24, 2.45) is 0 Å². The van der Waals surface area contributed by atoms with Crippen LogP contribution in [0.25, 0.3) is 0 Å². The minimum atomic E-state index is 0.553. The van der Waals surface area contributed by atoms with Crippen molar-refractivity contribution in [1.82, 2.24) is 0 Å².